The molecule has 0 atom stereocenters. The summed E-state index contributed by atoms with van der Waals surface area (Å²) in [7, 11) is 0. The lowest BCUT2D eigenvalue weighted by molar-refractivity contribution is 0.532. The van der Waals surface area contributed by atoms with Crippen LogP contribution in [-0.4, -0.2) is 24.5 Å². The molecule has 3 heterocycles. The lowest BCUT2D eigenvalue weighted by Gasteiger charge is -2.05. The molecule has 0 aliphatic heterocycles. The van der Waals surface area contributed by atoms with E-state index in [-0.39, 0.29) is 0 Å². The monoisotopic (exact) mass is 277 g/mol. The van der Waals surface area contributed by atoms with Crippen LogP contribution in [0.3, 0.4) is 0 Å². The van der Waals surface area contributed by atoms with Crippen LogP contribution in [0.4, 0.5) is 0 Å². The highest BCUT2D eigenvalue weighted by molar-refractivity contribution is 7.71. The molecule has 18 heavy (non-hydrogen) atoms. The van der Waals surface area contributed by atoms with E-state index >= 15 is 0 Å². The number of rotatable bonds is 4. The molecule has 0 spiro atoms. The normalized spacial score (nSPS) is 10.9. The minimum atomic E-state index is 0.644. The van der Waals surface area contributed by atoms with Crippen molar-refractivity contribution < 1.29 is 0 Å². The average Bonchev–Trinajstić information content (AvgIpc) is 3.08. The van der Waals surface area contributed by atoms with Crippen molar-refractivity contribution in [3.05, 3.63) is 40.7 Å². The zero-order valence-corrected chi connectivity index (χ0v) is 11.1. The molecule has 0 unspecified atom stereocenters. The zero-order chi connectivity index (χ0) is 12.4. The Morgan fingerprint density at radius 1 is 1.33 bits per heavy atom. The fourth-order valence-corrected chi connectivity index (χ4v) is 2.70. The molecule has 1 N–H and O–H groups in total. The quantitative estimate of drug-likeness (QED) is 0.746. The van der Waals surface area contributed by atoms with Gasteiger partial charge in [-0.2, -0.15) is 10.2 Å². The molecule has 3 rings (SSSR count). The molecule has 5 nitrogen and oxygen atoms in total. The standard InChI is InChI=1S/C11H11N5S2/c17-11-14-13-10(9-3-1-8-18-9)16(11)7-6-15-5-2-4-12-15/h1-5,8H,6-7H2,(H,14,17). The van der Waals surface area contributed by atoms with E-state index in [4.69, 9.17) is 12.2 Å². The first-order chi connectivity index (χ1) is 8.84. The van der Waals surface area contributed by atoms with Crippen molar-refractivity contribution in [2.45, 2.75) is 13.1 Å². The molecule has 0 fully saturated rings. The van der Waals surface area contributed by atoms with E-state index in [0.717, 1.165) is 23.8 Å². The van der Waals surface area contributed by atoms with E-state index in [1.807, 2.05) is 39.0 Å². The van der Waals surface area contributed by atoms with Gasteiger partial charge in [0, 0.05) is 18.9 Å². The maximum Gasteiger partial charge on any atom is 0.195 e. The number of aromatic nitrogens is 5. The second kappa shape index (κ2) is 4.87. The van der Waals surface area contributed by atoms with Crippen LogP contribution in [-0.2, 0) is 13.1 Å². The van der Waals surface area contributed by atoms with E-state index in [0.29, 0.717) is 4.77 Å². The van der Waals surface area contributed by atoms with Crippen LogP contribution in [0.15, 0.2) is 36.0 Å². The summed E-state index contributed by atoms with van der Waals surface area (Å²) in [5, 5.41) is 13.3. The Morgan fingerprint density at radius 2 is 2.28 bits per heavy atom. The van der Waals surface area contributed by atoms with Gasteiger partial charge in [-0.3, -0.25) is 14.3 Å². The topological polar surface area (TPSA) is 51.4 Å². The Balaban J connectivity index is 1.87. The Hall–Kier alpha value is -1.73. The highest BCUT2D eigenvalue weighted by Gasteiger charge is 2.09. The summed E-state index contributed by atoms with van der Waals surface area (Å²) < 4.78 is 4.53. The lowest BCUT2D eigenvalue weighted by Crippen LogP contribution is -2.08. The van der Waals surface area contributed by atoms with Crippen molar-refractivity contribution in [2.24, 2.45) is 0 Å². The maximum absolute atomic E-state index is 5.26. The Kier molecular flexibility index (Phi) is 3.07. The summed E-state index contributed by atoms with van der Waals surface area (Å²) in [4.78, 5) is 1.11. The number of aryl methyl sites for hydroxylation is 1. The Morgan fingerprint density at radius 3 is 3.00 bits per heavy atom. The van der Waals surface area contributed by atoms with Crippen molar-refractivity contribution in [3.8, 4) is 10.7 Å². The van der Waals surface area contributed by atoms with Gasteiger partial charge in [0.2, 0.25) is 0 Å². The third kappa shape index (κ3) is 2.14. The molecule has 3 aromatic rings. The molecule has 0 amide bonds. The summed E-state index contributed by atoms with van der Waals surface area (Å²) >= 11 is 6.92. The summed E-state index contributed by atoms with van der Waals surface area (Å²) in [6.45, 7) is 1.53. The molecule has 0 saturated heterocycles. The predicted molar refractivity (Wildman–Crippen MR) is 73.0 cm³/mol. The van der Waals surface area contributed by atoms with E-state index in [9.17, 15) is 0 Å². The summed E-state index contributed by atoms with van der Waals surface area (Å²) in [6.07, 6.45) is 3.71. The van der Waals surface area contributed by atoms with Gasteiger partial charge in [-0.05, 0) is 29.7 Å². The molecule has 0 bridgehead atoms. The first-order valence-electron chi connectivity index (χ1n) is 5.51. The number of hydrogen-bond donors (Lipinski definition) is 1. The fraction of sp³-hybridized carbons (Fsp3) is 0.182. The van der Waals surface area contributed by atoms with Crippen LogP contribution in [0.25, 0.3) is 10.7 Å². The Labute approximate surface area is 113 Å². The van der Waals surface area contributed by atoms with Crippen molar-refractivity contribution in [2.75, 3.05) is 0 Å². The van der Waals surface area contributed by atoms with E-state index in [1.165, 1.54) is 0 Å². The second-order valence-electron chi connectivity index (χ2n) is 3.75. The first kappa shape index (κ1) is 11.4. The Bertz CT molecular complexity index is 663. The van der Waals surface area contributed by atoms with Crippen LogP contribution in [0.2, 0.25) is 0 Å². The summed E-state index contributed by atoms with van der Waals surface area (Å²) in [6, 6.07) is 5.96. The molecule has 0 saturated carbocycles. The number of aromatic amines is 1. The molecule has 0 aliphatic carbocycles. The lowest BCUT2D eigenvalue weighted by atomic mass is 10.4. The number of hydrogen-bond acceptors (Lipinski definition) is 4. The van der Waals surface area contributed by atoms with Gasteiger partial charge in [0.25, 0.3) is 0 Å². The maximum atomic E-state index is 5.26. The highest BCUT2D eigenvalue weighted by atomic mass is 32.1. The molecule has 7 heteroatoms. The number of nitrogens with one attached hydrogen (secondary N) is 1. The molecule has 0 radical (unpaired) electrons. The van der Waals surface area contributed by atoms with Crippen molar-refractivity contribution in [3.63, 3.8) is 0 Å². The third-order valence-corrected chi connectivity index (χ3v) is 3.79. The summed E-state index contributed by atoms with van der Waals surface area (Å²) in [5.74, 6) is 0.891. The van der Waals surface area contributed by atoms with Gasteiger partial charge in [-0.25, -0.2) is 0 Å². The van der Waals surface area contributed by atoms with Gasteiger partial charge < -0.3 is 0 Å². The van der Waals surface area contributed by atoms with Gasteiger partial charge in [-0.1, -0.05) is 6.07 Å². The van der Waals surface area contributed by atoms with Crippen LogP contribution < -0.4 is 0 Å². The van der Waals surface area contributed by atoms with Crippen LogP contribution in [0.1, 0.15) is 0 Å². The molecule has 0 aliphatic rings. The van der Waals surface area contributed by atoms with E-state index < -0.39 is 0 Å². The third-order valence-electron chi connectivity index (χ3n) is 2.61. The smallest absolute Gasteiger partial charge is 0.195 e. The van der Waals surface area contributed by atoms with E-state index in [1.54, 1.807) is 17.5 Å². The second-order valence-corrected chi connectivity index (χ2v) is 5.08. The predicted octanol–water partition coefficient (Wildman–Crippen LogP) is 2.57. The van der Waals surface area contributed by atoms with Crippen LogP contribution in [0.5, 0.6) is 0 Å². The fourth-order valence-electron chi connectivity index (χ4n) is 1.75. The van der Waals surface area contributed by atoms with Gasteiger partial charge in [0.05, 0.1) is 11.4 Å². The van der Waals surface area contributed by atoms with Crippen molar-refractivity contribution >= 4 is 23.6 Å². The molecular weight excluding hydrogens is 266 g/mol. The van der Waals surface area contributed by atoms with Gasteiger partial charge in [-0.15, -0.1) is 11.3 Å². The van der Waals surface area contributed by atoms with Gasteiger partial charge in [0.1, 0.15) is 0 Å². The number of H-pyrrole nitrogens is 1. The molecule has 0 aromatic carbocycles. The molecular formula is C11H11N5S2. The highest BCUT2D eigenvalue weighted by Crippen LogP contribution is 2.22. The van der Waals surface area contributed by atoms with Crippen LogP contribution >= 0.6 is 23.6 Å². The number of nitrogens with zero attached hydrogens (tertiary/aromatic N) is 4. The molecule has 92 valence electrons. The van der Waals surface area contributed by atoms with E-state index in [2.05, 4.69) is 15.3 Å². The first-order valence-corrected chi connectivity index (χ1v) is 6.80. The van der Waals surface area contributed by atoms with Crippen molar-refractivity contribution in [1.82, 2.24) is 24.5 Å². The van der Waals surface area contributed by atoms with Gasteiger partial charge >= 0.3 is 0 Å². The zero-order valence-electron chi connectivity index (χ0n) is 9.48. The summed E-state index contributed by atoms with van der Waals surface area (Å²) in [5.41, 5.74) is 0. The minimum absolute atomic E-state index is 0.644. The SMILES string of the molecule is S=c1[nH]nc(-c2cccs2)n1CCn1cccn1. The number of thiophene rings is 1. The van der Waals surface area contributed by atoms with Crippen LogP contribution in [0, 0.1) is 4.77 Å². The average molecular weight is 277 g/mol. The largest absolute Gasteiger partial charge is 0.298 e. The minimum Gasteiger partial charge on any atom is -0.298 e. The molecule has 3 aromatic heterocycles. The van der Waals surface area contributed by atoms with Crippen molar-refractivity contribution in [1.29, 1.82) is 0 Å². The van der Waals surface area contributed by atoms with Gasteiger partial charge in [0.15, 0.2) is 10.6 Å².